The monoisotopic (exact) mass is 293 g/mol. The van der Waals surface area contributed by atoms with Gasteiger partial charge in [-0.3, -0.25) is 0 Å². The van der Waals surface area contributed by atoms with Crippen molar-refractivity contribution in [3.05, 3.63) is 34.5 Å². The van der Waals surface area contributed by atoms with Gasteiger partial charge in [-0.05, 0) is 11.4 Å². The second-order valence-electron chi connectivity index (χ2n) is 3.39. The van der Waals surface area contributed by atoms with E-state index < -0.39 is 17.7 Å². The molecule has 0 amide bonds. The lowest BCUT2D eigenvalue weighted by Crippen LogP contribution is -2.06. The Labute approximate surface area is 108 Å². The van der Waals surface area contributed by atoms with Crippen LogP contribution in [-0.2, 0) is 12.8 Å². The van der Waals surface area contributed by atoms with Crippen LogP contribution in [0.4, 0.5) is 13.2 Å². The van der Waals surface area contributed by atoms with Crippen LogP contribution in [-0.4, -0.2) is 16.2 Å². The van der Waals surface area contributed by atoms with E-state index in [-0.39, 0.29) is 23.1 Å². The fraction of sp³-hybridized carbons (Fsp3) is 0.200. The second-order valence-corrected chi connectivity index (χ2v) is 4.27. The van der Waals surface area contributed by atoms with E-state index in [9.17, 15) is 18.0 Å². The molecule has 0 saturated carbocycles. The summed E-state index contributed by atoms with van der Waals surface area (Å²) in [7, 11) is 0. The average molecular weight is 293 g/mol. The van der Waals surface area contributed by atoms with Gasteiger partial charge in [-0.25, -0.2) is 4.79 Å². The molecule has 0 radical (unpaired) electrons. The van der Waals surface area contributed by atoms with Crippen molar-refractivity contribution in [2.75, 3.05) is 0 Å². The van der Waals surface area contributed by atoms with Gasteiger partial charge in [0, 0.05) is 6.07 Å². The van der Waals surface area contributed by atoms with Gasteiger partial charge in [0.25, 0.3) is 0 Å². The predicted molar refractivity (Wildman–Crippen MR) is 57.1 cm³/mol. The second kappa shape index (κ2) is 4.92. The highest BCUT2D eigenvalue weighted by molar-refractivity contribution is 7.12. The van der Waals surface area contributed by atoms with Crippen molar-refractivity contribution < 1.29 is 32.3 Å². The summed E-state index contributed by atoms with van der Waals surface area (Å²) in [6, 6.07) is 1.99. The standard InChI is InChI=1S/C10H6F3NO4S/c11-10(12,13)6-1-2-19-9(6)17-4-5-3-7(8(15)16)14-18-5/h1-3H,4H2,(H,15,16). The average Bonchev–Trinajstić information content (AvgIpc) is 2.94. The number of carbonyl (C=O) groups is 1. The van der Waals surface area contributed by atoms with Crippen LogP contribution in [0.2, 0.25) is 0 Å². The minimum Gasteiger partial charge on any atom is -0.476 e. The highest BCUT2D eigenvalue weighted by Crippen LogP contribution is 2.40. The van der Waals surface area contributed by atoms with Gasteiger partial charge in [0.05, 0.1) is 0 Å². The van der Waals surface area contributed by atoms with E-state index in [1.54, 1.807) is 0 Å². The third-order valence-corrected chi connectivity index (χ3v) is 2.88. The number of halogens is 3. The van der Waals surface area contributed by atoms with Crippen LogP contribution < -0.4 is 4.74 Å². The molecule has 0 atom stereocenters. The summed E-state index contributed by atoms with van der Waals surface area (Å²) in [5.74, 6) is -1.26. The largest absolute Gasteiger partial charge is 0.476 e. The molecule has 1 N–H and O–H groups in total. The lowest BCUT2D eigenvalue weighted by molar-refractivity contribution is -0.138. The Balaban J connectivity index is 2.06. The lowest BCUT2D eigenvalue weighted by atomic mass is 10.3. The van der Waals surface area contributed by atoms with E-state index in [4.69, 9.17) is 9.84 Å². The summed E-state index contributed by atoms with van der Waals surface area (Å²) in [5, 5.41) is 12.8. The van der Waals surface area contributed by atoms with E-state index in [0.29, 0.717) is 0 Å². The van der Waals surface area contributed by atoms with Crippen molar-refractivity contribution in [2.45, 2.75) is 12.8 Å². The minimum absolute atomic E-state index is 0.0268. The smallest absolute Gasteiger partial charge is 0.420 e. The van der Waals surface area contributed by atoms with Crippen molar-refractivity contribution in [1.29, 1.82) is 0 Å². The molecule has 0 aliphatic carbocycles. The van der Waals surface area contributed by atoms with E-state index in [2.05, 4.69) is 9.68 Å². The van der Waals surface area contributed by atoms with E-state index in [1.807, 2.05) is 0 Å². The van der Waals surface area contributed by atoms with Gasteiger partial charge in [0.1, 0.15) is 12.2 Å². The van der Waals surface area contributed by atoms with Gasteiger partial charge < -0.3 is 14.4 Å². The number of hydrogen-bond donors (Lipinski definition) is 1. The van der Waals surface area contributed by atoms with Crippen LogP contribution in [0.15, 0.2) is 22.0 Å². The van der Waals surface area contributed by atoms with Crippen molar-refractivity contribution in [2.24, 2.45) is 0 Å². The van der Waals surface area contributed by atoms with Gasteiger partial charge in [-0.15, -0.1) is 11.3 Å². The molecule has 5 nitrogen and oxygen atoms in total. The van der Waals surface area contributed by atoms with Crippen molar-refractivity contribution in [3.63, 3.8) is 0 Å². The zero-order chi connectivity index (χ0) is 14.0. The Kier molecular flexibility index (Phi) is 3.47. The maximum absolute atomic E-state index is 12.5. The number of alkyl halides is 3. The van der Waals surface area contributed by atoms with Crippen LogP contribution >= 0.6 is 11.3 Å². The highest BCUT2D eigenvalue weighted by atomic mass is 32.1. The van der Waals surface area contributed by atoms with Gasteiger partial charge in [-0.1, -0.05) is 5.16 Å². The lowest BCUT2D eigenvalue weighted by Gasteiger charge is -2.07. The Bertz CT molecular complexity index is 590. The molecule has 102 valence electrons. The molecule has 19 heavy (non-hydrogen) atoms. The van der Waals surface area contributed by atoms with Gasteiger partial charge >= 0.3 is 12.1 Å². The van der Waals surface area contributed by atoms with Crippen LogP contribution in [0, 0.1) is 0 Å². The van der Waals surface area contributed by atoms with Crippen LogP contribution in [0.1, 0.15) is 21.8 Å². The first-order chi connectivity index (χ1) is 8.88. The summed E-state index contributed by atoms with van der Waals surface area (Å²) >= 11 is 0.788. The normalized spacial score (nSPS) is 11.5. The van der Waals surface area contributed by atoms with E-state index in [1.165, 1.54) is 5.38 Å². The molecule has 2 heterocycles. The number of carboxylic acid groups (broad SMARTS) is 1. The third-order valence-electron chi connectivity index (χ3n) is 2.06. The quantitative estimate of drug-likeness (QED) is 0.938. The molecule has 0 aliphatic heterocycles. The third kappa shape index (κ3) is 3.05. The first-order valence-corrected chi connectivity index (χ1v) is 5.72. The Hall–Kier alpha value is -2.03. The number of hydrogen-bond acceptors (Lipinski definition) is 5. The number of thiophene rings is 1. The zero-order valence-corrected chi connectivity index (χ0v) is 9.92. The van der Waals surface area contributed by atoms with Crippen molar-refractivity contribution in [3.8, 4) is 5.06 Å². The SMILES string of the molecule is O=C(O)c1cc(COc2sccc2C(F)(F)F)on1. The summed E-state index contributed by atoms with van der Waals surface area (Å²) in [6.07, 6.45) is -4.50. The minimum atomic E-state index is -4.50. The first-order valence-electron chi connectivity index (χ1n) is 4.84. The van der Waals surface area contributed by atoms with Gasteiger partial charge in [0.2, 0.25) is 0 Å². The number of nitrogens with zero attached hydrogens (tertiary/aromatic N) is 1. The molecule has 0 saturated heterocycles. The molecule has 0 spiro atoms. The number of rotatable bonds is 4. The molecule has 2 aromatic rings. The van der Waals surface area contributed by atoms with E-state index in [0.717, 1.165) is 23.5 Å². The number of aromatic nitrogens is 1. The highest BCUT2D eigenvalue weighted by Gasteiger charge is 2.35. The molecule has 0 bridgehead atoms. The summed E-state index contributed by atoms with van der Waals surface area (Å²) in [6.45, 7) is -0.329. The van der Waals surface area contributed by atoms with Crippen LogP contribution in [0.5, 0.6) is 5.06 Å². The zero-order valence-electron chi connectivity index (χ0n) is 9.10. The predicted octanol–water partition coefficient (Wildman–Crippen LogP) is 3.03. The Morgan fingerprint density at radius 1 is 1.53 bits per heavy atom. The molecule has 2 aromatic heterocycles. The topological polar surface area (TPSA) is 72.6 Å². The van der Waals surface area contributed by atoms with Crippen molar-refractivity contribution >= 4 is 17.3 Å². The molecule has 0 fully saturated rings. The van der Waals surface area contributed by atoms with Gasteiger partial charge in [0.15, 0.2) is 16.5 Å². The molecular formula is C10H6F3NO4S. The van der Waals surface area contributed by atoms with Gasteiger partial charge in [-0.2, -0.15) is 13.2 Å². The summed E-state index contributed by atoms with van der Waals surface area (Å²) < 4.78 is 47.2. The number of aromatic carboxylic acids is 1. The molecule has 2 rings (SSSR count). The molecule has 9 heteroatoms. The van der Waals surface area contributed by atoms with Crippen LogP contribution in [0.25, 0.3) is 0 Å². The first kappa shape index (κ1) is 13.4. The molecule has 0 aromatic carbocycles. The molecular weight excluding hydrogens is 287 g/mol. The fourth-order valence-corrected chi connectivity index (χ4v) is 2.00. The van der Waals surface area contributed by atoms with Crippen LogP contribution in [0.3, 0.4) is 0 Å². The molecule has 0 aliphatic rings. The fourth-order valence-electron chi connectivity index (χ4n) is 1.24. The number of carboxylic acids is 1. The Morgan fingerprint density at radius 3 is 2.84 bits per heavy atom. The van der Waals surface area contributed by atoms with Crippen molar-refractivity contribution in [1.82, 2.24) is 5.16 Å². The maximum atomic E-state index is 12.5. The summed E-state index contributed by atoms with van der Waals surface area (Å²) in [4.78, 5) is 10.5. The Morgan fingerprint density at radius 2 is 2.26 bits per heavy atom. The molecule has 0 unspecified atom stereocenters. The van der Waals surface area contributed by atoms with E-state index >= 15 is 0 Å². The number of ether oxygens (including phenoxy) is 1. The summed E-state index contributed by atoms with van der Waals surface area (Å²) in [5.41, 5.74) is -1.21. The maximum Gasteiger partial charge on any atom is 0.420 e.